The van der Waals surface area contributed by atoms with Crippen LogP contribution in [0.15, 0.2) is 77.2 Å². The maximum Gasteiger partial charge on any atom is 0.249 e. The van der Waals surface area contributed by atoms with Crippen molar-refractivity contribution in [3.63, 3.8) is 0 Å². The third-order valence-electron chi connectivity index (χ3n) is 5.29. The molecule has 0 radical (unpaired) electrons. The molecule has 7 heteroatoms. The van der Waals surface area contributed by atoms with Gasteiger partial charge in [-0.15, -0.1) is 0 Å². The van der Waals surface area contributed by atoms with Crippen LogP contribution in [0.3, 0.4) is 0 Å². The van der Waals surface area contributed by atoms with Gasteiger partial charge in [-0.2, -0.15) is 0 Å². The summed E-state index contributed by atoms with van der Waals surface area (Å²) in [6.07, 6.45) is 0. The highest BCUT2D eigenvalue weighted by atomic mass is 16.5. The Morgan fingerprint density at radius 2 is 1.50 bits per heavy atom. The number of hydrogen-bond donors (Lipinski definition) is 0. The lowest BCUT2D eigenvalue weighted by molar-refractivity contribution is -0.144. The van der Waals surface area contributed by atoms with E-state index in [4.69, 9.17) is 13.9 Å². The largest absolute Gasteiger partial charge is 0.464 e. The molecule has 3 aromatic rings. The summed E-state index contributed by atoms with van der Waals surface area (Å²) in [5, 5.41) is 0. The van der Waals surface area contributed by atoms with Crippen molar-refractivity contribution in [2.45, 2.75) is 26.6 Å². The Bertz CT molecular complexity index is 1020. The number of furan rings is 1. The Morgan fingerprint density at radius 3 is 2.12 bits per heavy atom. The predicted octanol–water partition coefficient (Wildman–Crippen LogP) is 3.81. The average molecular weight is 465 g/mol. The van der Waals surface area contributed by atoms with Gasteiger partial charge in [-0.3, -0.25) is 9.59 Å². The van der Waals surface area contributed by atoms with Gasteiger partial charge in [0.25, 0.3) is 0 Å². The third-order valence-corrected chi connectivity index (χ3v) is 5.29. The van der Waals surface area contributed by atoms with Crippen molar-refractivity contribution in [3.8, 4) is 0 Å². The molecule has 0 saturated carbocycles. The number of methoxy groups -OCH3 is 1. The Kier molecular flexibility index (Phi) is 9.88. The van der Waals surface area contributed by atoms with E-state index in [1.165, 1.54) is 4.90 Å². The second kappa shape index (κ2) is 13.3. The molecule has 0 aliphatic rings. The van der Waals surface area contributed by atoms with Crippen molar-refractivity contribution in [3.05, 3.63) is 95.4 Å². The second-order valence-corrected chi connectivity index (χ2v) is 8.03. The zero-order valence-corrected chi connectivity index (χ0v) is 19.8. The topological polar surface area (TPSA) is 72.2 Å². The molecule has 2 amide bonds. The maximum absolute atomic E-state index is 13.3. The highest BCUT2D eigenvalue weighted by molar-refractivity contribution is 5.85. The van der Waals surface area contributed by atoms with Crippen LogP contribution in [0.5, 0.6) is 0 Å². The standard InChI is InChI=1S/C27H32N2O5/c1-22-13-14-25(34-22)18-29(17-23-9-5-3-6-10-23)26(30)19-28(15-16-32-2)27(31)21-33-20-24-11-7-4-8-12-24/h3-14H,15-21H2,1-2H3. The smallest absolute Gasteiger partial charge is 0.249 e. The molecule has 180 valence electrons. The summed E-state index contributed by atoms with van der Waals surface area (Å²) in [5.41, 5.74) is 1.98. The normalized spacial score (nSPS) is 10.8. The molecule has 7 nitrogen and oxygen atoms in total. The molecule has 3 rings (SSSR count). The average Bonchev–Trinajstić information content (AvgIpc) is 3.27. The van der Waals surface area contributed by atoms with E-state index in [0.29, 0.717) is 38.6 Å². The van der Waals surface area contributed by atoms with E-state index < -0.39 is 0 Å². The number of ether oxygens (including phenoxy) is 2. The Balaban J connectivity index is 1.65. The van der Waals surface area contributed by atoms with Crippen molar-refractivity contribution < 1.29 is 23.5 Å². The first-order chi connectivity index (χ1) is 16.5. The highest BCUT2D eigenvalue weighted by Crippen LogP contribution is 2.14. The molecule has 0 unspecified atom stereocenters. The van der Waals surface area contributed by atoms with Gasteiger partial charge in [-0.05, 0) is 30.2 Å². The Labute approximate surface area is 200 Å². The van der Waals surface area contributed by atoms with Gasteiger partial charge in [0, 0.05) is 20.2 Å². The lowest BCUT2D eigenvalue weighted by Gasteiger charge is -2.27. The van der Waals surface area contributed by atoms with E-state index in [2.05, 4.69) is 0 Å². The van der Waals surface area contributed by atoms with Crippen LogP contribution in [0.25, 0.3) is 0 Å². The lowest BCUT2D eigenvalue weighted by atomic mass is 10.2. The van der Waals surface area contributed by atoms with E-state index in [1.807, 2.05) is 79.7 Å². The molecule has 0 fully saturated rings. The van der Waals surface area contributed by atoms with Gasteiger partial charge in [0.15, 0.2) is 0 Å². The molecule has 1 aromatic heterocycles. The Hall–Kier alpha value is -3.42. The van der Waals surface area contributed by atoms with Crippen LogP contribution in [-0.2, 0) is 38.8 Å². The van der Waals surface area contributed by atoms with Gasteiger partial charge in [0.05, 0.1) is 26.3 Å². The number of benzene rings is 2. The van der Waals surface area contributed by atoms with Crippen LogP contribution < -0.4 is 0 Å². The SMILES string of the molecule is COCCN(CC(=O)N(Cc1ccccc1)Cc1ccc(C)o1)C(=O)COCc1ccccc1. The lowest BCUT2D eigenvalue weighted by Crippen LogP contribution is -2.45. The van der Waals surface area contributed by atoms with Gasteiger partial charge in [-0.1, -0.05) is 60.7 Å². The molecule has 0 spiro atoms. The van der Waals surface area contributed by atoms with Gasteiger partial charge in [0.1, 0.15) is 18.1 Å². The summed E-state index contributed by atoms with van der Waals surface area (Å²) in [5.74, 6) is 1.05. The zero-order valence-electron chi connectivity index (χ0n) is 19.8. The minimum atomic E-state index is -0.255. The first kappa shape index (κ1) is 25.2. The molecule has 2 aromatic carbocycles. The van der Waals surface area contributed by atoms with Crippen molar-refractivity contribution in [1.82, 2.24) is 9.80 Å². The van der Waals surface area contributed by atoms with Crippen LogP contribution in [-0.4, -0.2) is 55.0 Å². The number of nitrogens with zero attached hydrogens (tertiary/aromatic N) is 2. The summed E-state index contributed by atoms with van der Waals surface area (Å²) >= 11 is 0. The van der Waals surface area contributed by atoms with E-state index in [9.17, 15) is 9.59 Å². The first-order valence-corrected chi connectivity index (χ1v) is 11.3. The first-order valence-electron chi connectivity index (χ1n) is 11.3. The Morgan fingerprint density at radius 1 is 0.824 bits per heavy atom. The number of amides is 2. The quantitative estimate of drug-likeness (QED) is 0.385. The molecule has 0 N–H and O–H groups in total. The third kappa shape index (κ3) is 8.17. The molecule has 0 saturated heterocycles. The van der Waals surface area contributed by atoms with Gasteiger partial charge >= 0.3 is 0 Å². The molecule has 0 aliphatic heterocycles. The second-order valence-electron chi connectivity index (χ2n) is 8.03. The minimum absolute atomic E-state index is 0.0661. The van der Waals surface area contributed by atoms with Crippen LogP contribution in [0.2, 0.25) is 0 Å². The molecule has 0 aliphatic carbocycles. The van der Waals surface area contributed by atoms with Gasteiger partial charge in [-0.25, -0.2) is 0 Å². The van der Waals surface area contributed by atoms with Gasteiger partial charge in [0.2, 0.25) is 11.8 Å². The fourth-order valence-corrected chi connectivity index (χ4v) is 3.47. The van der Waals surface area contributed by atoms with Crippen molar-refractivity contribution >= 4 is 11.8 Å². The molecular formula is C27H32N2O5. The van der Waals surface area contributed by atoms with E-state index in [1.54, 1.807) is 12.0 Å². The summed E-state index contributed by atoms with van der Waals surface area (Å²) in [6.45, 7) is 3.38. The fourth-order valence-electron chi connectivity index (χ4n) is 3.47. The van der Waals surface area contributed by atoms with Crippen LogP contribution in [0.4, 0.5) is 0 Å². The summed E-state index contributed by atoms with van der Waals surface area (Å²) < 4.78 is 16.5. The number of carbonyl (C=O) groups is 2. The van der Waals surface area contributed by atoms with Crippen LogP contribution in [0.1, 0.15) is 22.6 Å². The predicted molar refractivity (Wildman–Crippen MR) is 129 cm³/mol. The summed E-state index contributed by atoms with van der Waals surface area (Å²) in [7, 11) is 1.57. The molecular weight excluding hydrogens is 432 g/mol. The fraction of sp³-hybridized carbons (Fsp3) is 0.333. The minimum Gasteiger partial charge on any atom is -0.464 e. The number of rotatable bonds is 13. The molecule has 34 heavy (non-hydrogen) atoms. The maximum atomic E-state index is 13.3. The van der Waals surface area contributed by atoms with Crippen molar-refractivity contribution in [2.24, 2.45) is 0 Å². The monoisotopic (exact) mass is 464 g/mol. The zero-order chi connectivity index (χ0) is 24.2. The number of hydrogen-bond acceptors (Lipinski definition) is 5. The van der Waals surface area contributed by atoms with Crippen LogP contribution in [0, 0.1) is 6.92 Å². The summed E-state index contributed by atoms with van der Waals surface area (Å²) in [4.78, 5) is 29.4. The van der Waals surface area contributed by atoms with E-state index in [-0.39, 0.29) is 25.0 Å². The number of carbonyl (C=O) groups excluding carboxylic acids is 2. The molecule has 1 heterocycles. The summed E-state index contributed by atoms with van der Waals surface area (Å²) in [6, 6.07) is 23.1. The van der Waals surface area contributed by atoms with Crippen LogP contribution >= 0.6 is 0 Å². The van der Waals surface area contributed by atoms with E-state index in [0.717, 1.165) is 16.9 Å². The van der Waals surface area contributed by atoms with Crippen molar-refractivity contribution in [2.75, 3.05) is 33.4 Å². The molecule has 0 atom stereocenters. The number of aryl methyl sites for hydroxylation is 1. The molecule has 0 bridgehead atoms. The van der Waals surface area contributed by atoms with E-state index >= 15 is 0 Å². The van der Waals surface area contributed by atoms with Crippen molar-refractivity contribution in [1.29, 1.82) is 0 Å². The van der Waals surface area contributed by atoms with Gasteiger partial charge < -0.3 is 23.7 Å². The highest BCUT2D eigenvalue weighted by Gasteiger charge is 2.22.